The lowest BCUT2D eigenvalue weighted by Gasteiger charge is -1.98. The second-order valence-electron chi connectivity index (χ2n) is 2.77. The topological polar surface area (TPSA) is 51.6 Å². The number of rotatable bonds is 2. The lowest BCUT2D eigenvalue weighted by atomic mass is 10.5. The number of aromatic nitrogens is 4. The zero-order chi connectivity index (χ0) is 10.7. The Bertz CT molecular complexity index is 460. The van der Waals surface area contributed by atoms with Crippen molar-refractivity contribution in [3.05, 3.63) is 33.9 Å². The maximum atomic E-state index is 4.26. The van der Waals surface area contributed by atoms with Crippen LogP contribution < -0.4 is 0 Å². The molecule has 0 aliphatic heterocycles. The molecule has 0 aliphatic carbocycles. The molecule has 0 radical (unpaired) electrons. The summed E-state index contributed by atoms with van der Waals surface area (Å²) >= 11 is 3.53. The van der Waals surface area contributed by atoms with Crippen LogP contribution in [0.2, 0.25) is 0 Å². The lowest BCUT2D eigenvalue weighted by Crippen LogP contribution is -1.91. The van der Waals surface area contributed by atoms with Gasteiger partial charge in [0, 0.05) is 27.9 Å². The van der Waals surface area contributed by atoms with Crippen molar-refractivity contribution in [3.63, 3.8) is 0 Å². The maximum Gasteiger partial charge on any atom is 0.195 e. The van der Waals surface area contributed by atoms with Crippen LogP contribution in [0, 0.1) is 10.5 Å². The summed E-state index contributed by atoms with van der Waals surface area (Å²) in [7, 11) is 0. The third-order valence-electron chi connectivity index (χ3n) is 1.55. The molecule has 4 nitrogen and oxygen atoms in total. The molecule has 15 heavy (non-hydrogen) atoms. The Kier molecular flexibility index (Phi) is 3.47. The summed E-state index contributed by atoms with van der Waals surface area (Å²) in [4.78, 5) is 16.7. The van der Waals surface area contributed by atoms with E-state index >= 15 is 0 Å². The van der Waals surface area contributed by atoms with Crippen LogP contribution in [0.3, 0.4) is 0 Å². The van der Waals surface area contributed by atoms with Crippen molar-refractivity contribution in [2.24, 2.45) is 0 Å². The number of halogens is 1. The lowest BCUT2D eigenvalue weighted by molar-refractivity contribution is 0.905. The van der Waals surface area contributed by atoms with Crippen LogP contribution in [-0.2, 0) is 0 Å². The van der Waals surface area contributed by atoms with Gasteiger partial charge in [-0.3, -0.25) is 0 Å². The zero-order valence-corrected chi connectivity index (χ0v) is 10.9. The fourth-order valence-corrected chi connectivity index (χ4v) is 1.87. The minimum atomic E-state index is 0.668. The quantitative estimate of drug-likeness (QED) is 0.625. The highest BCUT2D eigenvalue weighted by atomic mass is 127. The van der Waals surface area contributed by atoms with Gasteiger partial charge < -0.3 is 0 Å². The van der Waals surface area contributed by atoms with Gasteiger partial charge in [-0.2, -0.15) is 0 Å². The van der Waals surface area contributed by atoms with Crippen LogP contribution in [0.25, 0.3) is 0 Å². The average Bonchev–Trinajstić information content (AvgIpc) is 2.22. The Morgan fingerprint density at radius 2 is 1.87 bits per heavy atom. The van der Waals surface area contributed by atoms with Gasteiger partial charge in [-0.15, -0.1) is 0 Å². The molecule has 0 saturated heterocycles. The third-order valence-corrected chi connectivity index (χ3v) is 2.88. The van der Waals surface area contributed by atoms with Crippen molar-refractivity contribution in [2.45, 2.75) is 17.2 Å². The predicted molar refractivity (Wildman–Crippen MR) is 65.6 cm³/mol. The van der Waals surface area contributed by atoms with Crippen molar-refractivity contribution < 1.29 is 0 Å². The fraction of sp³-hybridized carbons (Fsp3) is 0.111. The van der Waals surface area contributed by atoms with E-state index in [1.165, 1.54) is 11.8 Å². The van der Waals surface area contributed by atoms with E-state index in [2.05, 4.69) is 42.5 Å². The van der Waals surface area contributed by atoms with E-state index in [-0.39, 0.29) is 0 Å². The molecule has 0 spiro atoms. The summed E-state index contributed by atoms with van der Waals surface area (Å²) in [5, 5.41) is 1.34. The number of hydrogen-bond acceptors (Lipinski definition) is 5. The average molecular weight is 330 g/mol. The van der Waals surface area contributed by atoms with Crippen LogP contribution >= 0.6 is 34.4 Å². The first-order valence-electron chi connectivity index (χ1n) is 4.19. The molecule has 0 fully saturated rings. The van der Waals surface area contributed by atoms with Crippen LogP contribution in [0.5, 0.6) is 0 Å². The van der Waals surface area contributed by atoms with Crippen molar-refractivity contribution in [3.8, 4) is 0 Å². The van der Waals surface area contributed by atoms with E-state index in [1.807, 2.05) is 13.0 Å². The summed E-state index contributed by atoms with van der Waals surface area (Å²) in [5.41, 5.74) is 0.943. The highest BCUT2D eigenvalue weighted by Crippen LogP contribution is 2.20. The van der Waals surface area contributed by atoms with Gasteiger partial charge in [0.1, 0.15) is 0 Å². The molecule has 2 heterocycles. The molecule has 76 valence electrons. The molecule has 0 unspecified atom stereocenters. The first-order chi connectivity index (χ1) is 7.24. The summed E-state index contributed by atoms with van der Waals surface area (Å²) in [6.45, 7) is 1.93. The number of aryl methyl sites for hydroxylation is 1. The van der Waals surface area contributed by atoms with Crippen molar-refractivity contribution in [2.75, 3.05) is 0 Å². The number of nitrogens with zero attached hydrogens (tertiary/aromatic N) is 4. The third kappa shape index (κ3) is 3.10. The molecule has 2 aromatic heterocycles. The molecule has 0 N–H and O–H groups in total. The van der Waals surface area contributed by atoms with Crippen molar-refractivity contribution >= 4 is 34.4 Å². The van der Waals surface area contributed by atoms with Gasteiger partial charge in [0.05, 0.1) is 0 Å². The first kappa shape index (κ1) is 10.7. The van der Waals surface area contributed by atoms with Gasteiger partial charge in [-0.1, -0.05) is 0 Å². The summed E-state index contributed by atoms with van der Waals surface area (Å²) in [6.07, 6.45) is 5.27. The SMILES string of the molecule is Cc1ccnc(Sc2ncc(I)cn2)n1. The monoisotopic (exact) mass is 330 g/mol. The van der Waals surface area contributed by atoms with Crippen molar-refractivity contribution in [1.82, 2.24) is 19.9 Å². The van der Waals surface area contributed by atoms with Gasteiger partial charge in [0.15, 0.2) is 10.3 Å². The molecular formula is C9H7IN4S. The van der Waals surface area contributed by atoms with E-state index < -0.39 is 0 Å². The van der Waals surface area contributed by atoms with Crippen LogP contribution in [0.15, 0.2) is 35.0 Å². The van der Waals surface area contributed by atoms with Crippen LogP contribution in [0.1, 0.15) is 5.69 Å². The first-order valence-corrected chi connectivity index (χ1v) is 6.08. The Hall–Kier alpha value is -0.760. The summed E-state index contributed by atoms with van der Waals surface area (Å²) in [6, 6.07) is 1.86. The highest BCUT2D eigenvalue weighted by Gasteiger charge is 2.02. The zero-order valence-electron chi connectivity index (χ0n) is 7.88. The molecule has 0 aliphatic rings. The minimum absolute atomic E-state index is 0.668. The molecular weight excluding hydrogens is 323 g/mol. The maximum absolute atomic E-state index is 4.26. The van der Waals surface area contributed by atoms with Gasteiger partial charge in [0.25, 0.3) is 0 Å². The second kappa shape index (κ2) is 4.84. The molecule has 0 atom stereocenters. The molecule has 6 heteroatoms. The molecule has 2 rings (SSSR count). The van der Waals surface area contributed by atoms with Crippen LogP contribution in [0.4, 0.5) is 0 Å². The molecule has 0 saturated carbocycles. The van der Waals surface area contributed by atoms with E-state index in [0.717, 1.165) is 9.26 Å². The Morgan fingerprint density at radius 3 is 2.53 bits per heavy atom. The van der Waals surface area contributed by atoms with E-state index in [4.69, 9.17) is 0 Å². The largest absolute Gasteiger partial charge is 0.231 e. The summed E-state index contributed by atoms with van der Waals surface area (Å²) < 4.78 is 1.02. The number of hydrogen-bond donors (Lipinski definition) is 0. The molecule has 2 aromatic rings. The molecule has 0 aromatic carbocycles. The highest BCUT2D eigenvalue weighted by molar-refractivity contribution is 14.1. The van der Waals surface area contributed by atoms with E-state index in [9.17, 15) is 0 Å². The molecule has 0 bridgehead atoms. The normalized spacial score (nSPS) is 10.3. The van der Waals surface area contributed by atoms with Gasteiger partial charge in [-0.25, -0.2) is 19.9 Å². The Labute approximate surface area is 105 Å². The fourth-order valence-electron chi connectivity index (χ4n) is 0.910. The minimum Gasteiger partial charge on any atom is -0.231 e. The van der Waals surface area contributed by atoms with Gasteiger partial charge >= 0.3 is 0 Å². The predicted octanol–water partition coefficient (Wildman–Crippen LogP) is 2.33. The second-order valence-corrected chi connectivity index (χ2v) is 4.95. The van der Waals surface area contributed by atoms with Gasteiger partial charge in [-0.05, 0) is 47.3 Å². The van der Waals surface area contributed by atoms with E-state index in [0.29, 0.717) is 10.3 Å². The Balaban J connectivity index is 2.18. The Morgan fingerprint density at radius 1 is 1.13 bits per heavy atom. The molecule has 0 amide bonds. The smallest absolute Gasteiger partial charge is 0.195 e. The van der Waals surface area contributed by atoms with E-state index in [1.54, 1.807) is 18.6 Å². The van der Waals surface area contributed by atoms with Crippen LogP contribution in [-0.4, -0.2) is 19.9 Å². The van der Waals surface area contributed by atoms with Crippen molar-refractivity contribution in [1.29, 1.82) is 0 Å². The summed E-state index contributed by atoms with van der Waals surface area (Å²) in [5.74, 6) is 0. The standard InChI is InChI=1S/C9H7IN4S/c1-6-2-3-11-9(14-6)15-8-12-4-7(10)5-13-8/h2-5H,1H3. The van der Waals surface area contributed by atoms with Gasteiger partial charge in [0.2, 0.25) is 0 Å².